The van der Waals surface area contributed by atoms with Crippen molar-refractivity contribution < 1.29 is 76.0 Å². The first-order valence-corrected chi connectivity index (χ1v) is 31.9. The van der Waals surface area contributed by atoms with Crippen molar-refractivity contribution in [3.8, 4) is 23.0 Å². The highest BCUT2D eigenvalue weighted by Gasteiger charge is 2.41. The number of carbonyl (C=O) groups excluding carboxylic acids is 4. The molecule has 0 aliphatic carbocycles. The smallest absolute Gasteiger partial charge is 0.407 e. The topological polar surface area (TPSA) is 206 Å². The molecular formula is C72H115N3O16. The molecule has 2 unspecified atom stereocenters. The quantitative estimate of drug-likeness (QED) is 0.0135. The van der Waals surface area contributed by atoms with Crippen LogP contribution in [0.25, 0.3) is 0 Å². The number of rotatable bonds is 46. The van der Waals surface area contributed by atoms with Crippen LogP contribution in [0.4, 0.5) is 4.79 Å². The van der Waals surface area contributed by atoms with Crippen molar-refractivity contribution in [2.24, 2.45) is 17.3 Å². The second-order valence-electron chi connectivity index (χ2n) is 26.9. The van der Waals surface area contributed by atoms with Gasteiger partial charge >= 0.3 is 18.0 Å². The van der Waals surface area contributed by atoms with E-state index in [0.29, 0.717) is 83.6 Å². The Labute approximate surface area is 546 Å². The number of benzene rings is 3. The van der Waals surface area contributed by atoms with E-state index in [9.17, 15) is 19.2 Å². The molecular weight excluding hydrogens is 1160 g/mol. The maximum absolute atomic E-state index is 12.8. The molecule has 0 bridgehead atoms. The highest BCUT2D eigenvalue weighted by molar-refractivity contribution is 5.87. The summed E-state index contributed by atoms with van der Waals surface area (Å²) in [5.41, 5.74) is -3.04. The Kier molecular flexibility index (Phi) is 35.6. The van der Waals surface area contributed by atoms with Gasteiger partial charge in [-0.3, -0.25) is 9.69 Å². The molecule has 0 aliphatic rings. The second kappa shape index (κ2) is 40.0. The molecule has 1 amide bonds. The molecule has 0 spiro atoms. The van der Waals surface area contributed by atoms with Crippen LogP contribution in [0.1, 0.15) is 149 Å². The Morgan fingerprint density at radius 3 is 1.42 bits per heavy atom. The summed E-state index contributed by atoms with van der Waals surface area (Å²) in [5.74, 6) is 1.62. The van der Waals surface area contributed by atoms with E-state index in [1.165, 1.54) is 0 Å². The van der Waals surface area contributed by atoms with Gasteiger partial charge in [-0.25, -0.2) is 14.4 Å². The highest BCUT2D eigenvalue weighted by Crippen LogP contribution is 2.40. The maximum atomic E-state index is 12.8. The maximum Gasteiger partial charge on any atom is 0.407 e. The molecule has 0 heterocycles. The molecule has 3 aromatic rings. The van der Waals surface area contributed by atoms with Crippen LogP contribution in [0.3, 0.4) is 0 Å². The number of para-hydroxylation sites is 2. The van der Waals surface area contributed by atoms with Gasteiger partial charge in [0, 0.05) is 50.3 Å². The summed E-state index contributed by atoms with van der Waals surface area (Å²) < 4.78 is 71.5. The van der Waals surface area contributed by atoms with E-state index in [4.69, 9.17) is 56.8 Å². The van der Waals surface area contributed by atoms with E-state index in [1.807, 2.05) is 134 Å². The Balaban J connectivity index is 0.00000258. The molecule has 0 fully saturated rings. The fraction of sp³-hybridized carbons (Fsp3) is 0.639. The third-order valence-corrected chi connectivity index (χ3v) is 16.4. The summed E-state index contributed by atoms with van der Waals surface area (Å²) in [6.45, 7) is 44.6. The molecule has 0 saturated heterocycles. The van der Waals surface area contributed by atoms with Crippen LogP contribution in [-0.2, 0) is 52.3 Å². The van der Waals surface area contributed by atoms with Crippen LogP contribution in [-0.4, -0.2) is 163 Å². The molecule has 514 valence electrons. The van der Waals surface area contributed by atoms with Gasteiger partial charge in [-0.05, 0) is 184 Å². The van der Waals surface area contributed by atoms with Crippen molar-refractivity contribution in [3.05, 3.63) is 109 Å². The fourth-order valence-electron chi connectivity index (χ4n) is 8.46. The van der Waals surface area contributed by atoms with Crippen LogP contribution in [0, 0.1) is 17.3 Å². The Morgan fingerprint density at radius 2 is 0.956 bits per heavy atom. The first-order chi connectivity index (χ1) is 42.6. The summed E-state index contributed by atoms with van der Waals surface area (Å²) in [4.78, 5) is 48.7. The predicted octanol–water partition coefficient (Wildman–Crippen LogP) is 13.2. The van der Waals surface area contributed by atoms with E-state index in [-0.39, 0.29) is 60.8 Å². The zero-order valence-electron chi connectivity index (χ0n) is 58.6. The number of carbonyl (C=O) groups is 4. The van der Waals surface area contributed by atoms with Crippen molar-refractivity contribution in [3.63, 3.8) is 0 Å². The third-order valence-electron chi connectivity index (χ3n) is 16.4. The number of hydrogen-bond donors (Lipinski definition) is 2. The van der Waals surface area contributed by atoms with Crippen LogP contribution in [0.15, 0.2) is 109 Å². The molecule has 0 saturated carbocycles. The minimum absolute atomic E-state index is 0.00678. The first kappa shape index (κ1) is 80.9. The number of hydrogen-bond acceptors (Lipinski definition) is 18. The van der Waals surface area contributed by atoms with Crippen molar-refractivity contribution in [1.82, 2.24) is 15.5 Å². The van der Waals surface area contributed by atoms with Gasteiger partial charge in [-0.2, -0.15) is 0 Å². The number of likely N-dealkylation sites (N-methyl/N-ethyl adjacent to an activating group) is 1. The normalized spacial score (nSPS) is 13.0. The predicted molar refractivity (Wildman–Crippen MR) is 358 cm³/mol. The van der Waals surface area contributed by atoms with Gasteiger partial charge in [0.1, 0.15) is 53.1 Å². The Morgan fingerprint density at radius 1 is 0.516 bits per heavy atom. The molecule has 2 atom stereocenters. The third kappa shape index (κ3) is 33.3. The first-order valence-electron chi connectivity index (χ1n) is 31.9. The van der Waals surface area contributed by atoms with Crippen LogP contribution in [0.2, 0.25) is 0 Å². The Hall–Kier alpha value is -6.22. The molecule has 19 heteroatoms. The van der Waals surface area contributed by atoms with E-state index in [2.05, 4.69) is 84.1 Å². The lowest BCUT2D eigenvalue weighted by molar-refractivity contribution is -0.162. The summed E-state index contributed by atoms with van der Waals surface area (Å²) in [7, 11) is 3.81. The summed E-state index contributed by atoms with van der Waals surface area (Å²) in [6.07, 6.45) is 4.43. The lowest BCUT2D eigenvalue weighted by Crippen LogP contribution is -2.49. The lowest BCUT2D eigenvalue weighted by atomic mass is 9.73. The standard InChI is InChI=1S/C65H102N2O14.C7H13NO2/c1-50(2)57(69)73-44-38-66-58(70)81-63(11,12)52(46-75-54-29-22-19-23-30-54)48-79-65(15,16)67(17)39-26-41-77-61(7,8)37-43-72-56-33-31-55(32-34-56)71-42-36-60(5,6)76-40-25-24-35-59(3,4)64(13,14)78-47-51(62(9,10)80-49-68)45-74-53-27-20-18-21-28-53;1-6(2)7(9)10-5-4-8-3/h18-23,27-34,49,51-52H,1,24-26,35-48H2,2-17H3,(H,66,70);8H,1,4-5H2,2-3H3. The molecule has 91 heavy (non-hydrogen) atoms. The number of unbranched alkanes of at least 4 members (excludes halogenated alkanes) is 1. The summed E-state index contributed by atoms with van der Waals surface area (Å²) in [6, 6.07) is 26.8. The monoisotopic (exact) mass is 1280 g/mol. The van der Waals surface area contributed by atoms with Gasteiger partial charge < -0.3 is 67.5 Å². The molecule has 19 nitrogen and oxygen atoms in total. The fourth-order valence-corrected chi connectivity index (χ4v) is 8.46. The Bertz CT molecular complexity index is 2570. The van der Waals surface area contributed by atoms with Crippen LogP contribution < -0.4 is 29.6 Å². The van der Waals surface area contributed by atoms with E-state index >= 15 is 0 Å². The van der Waals surface area contributed by atoms with Crippen molar-refractivity contribution in [2.45, 2.75) is 183 Å². The number of nitrogens with one attached hydrogen (secondary N) is 2. The van der Waals surface area contributed by atoms with Gasteiger partial charge in [0.15, 0.2) is 0 Å². The molecule has 3 aromatic carbocycles. The minimum atomic E-state index is -0.988. The highest BCUT2D eigenvalue weighted by atomic mass is 16.6. The molecule has 3 rings (SSSR count). The second-order valence-corrected chi connectivity index (χ2v) is 26.9. The van der Waals surface area contributed by atoms with Crippen molar-refractivity contribution in [2.75, 3.05) is 99.8 Å². The zero-order valence-corrected chi connectivity index (χ0v) is 58.6. The SMILES string of the molecule is C=C(C)C(=O)OCCNC.C=C(C)C(=O)OCCNC(=O)OC(C)(C)C(COc1ccccc1)COC(C)(C)N(C)CCCOC(C)(C)CCOc1ccc(OCCC(C)(C)OCCCCC(C)(C)C(C)(C)OCC(COc2ccccc2)C(C)(C)OC=O)cc1. The molecule has 2 N–H and O–H groups in total. The van der Waals surface area contributed by atoms with Gasteiger partial charge in [-0.1, -0.05) is 69.8 Å². The van der Waals surface area contributed by atoms with Crippen molar-refractivity contribution >= 4 is 24.5 Å². The van der Waals surface area contributed by atoms with Gasteiger partial charge in [0.2, 0.25) is 0 Å². The molecule has 0 radical (unpaired) electrons. The largest absolute Gasteiger partial charge is 0.493 e. The lowest BCUT2D eigenvalue weighted by Gasteiger charge is -2.43. The number of alkyl carbamates (subject to hydrolysis) is 1. The van der Waals surface area contributed by atoms with Gasteiger partial charge in [0.05, 0.1) is 74.8 Å². The average Bonchev–Trinajstić information content (AvgIpc) is 1.19. The molecule has 0 aliphatic heterocycles. The number of esters is 2. The zero-order chi connectivity index (χ0) is 68.4. The summed E-state index contributed by atoms with van der Waals surface area (Å²) in [5, 5.41) is 5.50. The minimum Gasteiger partial charge on any atom is -0.493 e. The van der Waals surface area contributed by atoms with Gasteiger partial charge in [-0.15, -0.1) is 0 Å². The number of amides is 1. The van der Waals surface area contributed by atoms with E-state index in [0.717, 1.165) is 49.4 Å². The van der Waals surface area contributed by atoms with Crippen molar-refractivity contribution in [1.29, 1.82) is 0 Å². The van der Waals surface area contributed by atoms with Gasteiger partial charge in [0.25, 0.3) is 6.47 Å². The number of ether oxygens (including phenoxy) is 12. The van der Waals surface area contributed by atoms with Crippen LogP contribution >= 0.6 is 0 Å². The average molecular weight is 1280 g/mol. The van der Waals surface area contributed by atoms with E-state index < -0.39 is 40.2 Å². The van der Waals surface area contributed by atoms with E-state index in [1.54, 1.807) is 20.9 Å². The summed E-state index contributed by atoms with van der Waals surface area (Å²) >= 11 is 0. The number of nitrogens with zero attached hydrogens (tertiary/aromatic N) is 1. The van der Waals surface area contributed by atoms with Crippen LogP contribution in [0.5, 0.6) is 23.0 Å². The molecule has 0 aromatic heterocycles.